The van der Waals surface area contributed by atoms with E-state index >= 15 is 0 Å². The number of hydrogen-bond donors (Lipinski definition) is 1. The fourth-order valence-electron chi connectivity index (χ4n) is 1.35. The van der Waals surface area contributed by atoms with Gasteiger partial charge in [0.05, 0.1) is 21.6 Å². The maximum Gasteiger partial charge on any atom is 0.309 e. The SMILES string of the molecule is CCC(C)C(=O)OCC(=O)Nc1ccc([N+](=O)[O-])cc1Cl. The van der Waals surface area contributed by atoms with Crippen molar-refractivity contribution in [3.63, 3.8) is 0 Å². The average molecular weight is 315 g/mol. The van der Waals surface area contributed by atoms with Crippen molar-refractivity contribution in [2.24, 2.45) is 5.92 Å². The van der Waals surface area contributed by atoms with E-state index in [4.69, 9.17) is 16.3 Å². The Bertz CT molecular complexity index is 561. The fourth-order valence-corrected chi connectivity index (χ4v) is 1.57. The number of carbonyl (C=O) groups is 2. The maximum atomic E-state index is 11.6. The lowest BCUT2D eigenvalue weighted by atomic mass is 10.1. The van der Waals surface area contributed by atoms with Crippen LogP contribution in [0.4, 0.5) is 11.4 Å². The van der Waals surface area contributed by atoms with Crippen molar-refractivity contribution in [3.05, 3.63) is 33.3 Å². The maximum absolute atomic E-state index is 11.6. The summed E-state index contributed by atoms with van der Waals surface area (Å²) in [6, 6.07) is 3.66. The van der Waals surface area contributed by atoms with Gasteiger partial charge in [0.15, 0.2) is 6.61 Å². The normalized spacial score (nSPS) is 11.6. The summed E-state index contributed by atoms with van der Waals surface area (Å²) < 4.78 is 4.83. The molecule has 1 amide bonds. The molecule has 0 aliphatic rings. The third-order valence-electron chi connectivity index (χ3n) is 2.80. The van der Waals surface area contributed by atoms with Crippen LogP contribution in [-0.4, -0.2) is 23.4 Å². The topological polar surface area (TPSA) is 98.5 Å². The lowest BCUT2D eigenvalue weighted by Gasteiger charge is -2.10. The number of anilines is 1. The van der Waals surface area contributed by atoms with E-state index in [-0.39, 0.29) is 22.3 Å². The van der Waals surface area contributed by atoms with Crippen LogP contribution >= 0.6 is 11.6 Å². The predicted octanol–water partition coefficient (Wildman–Crippen LogP) is 2.78. The van der Waals surface area contributed by atoms with Gasteiger partial charge < -0.3 is 10.1 Å². The van der Waals surface area contributed by atoms with E-state index < -0.39 is 23.4 Å². The molecule has 1 aromatic rings. The molecule has 0 aromatic heterocycles. The zero-order chi connectivity index (χ0) is 16.0. The molecule has 1 unspecified atom stereocenters. The molecule has 0 heterocycles. The van der Waals surface area contributed by atoms with Crippen molar-refractivity contribution in [1.29, 1.82) is 0 Å². The van der Waals surface area contributed by atoms with E-state index in [9.17, 15) is 19.7 Å². The molecule has 0 fully saturated rings. The van der Waals surface area contributed by atoms with Gasteiger partial charge in [0.2, 0.25) is 0 Å². The molecule has 21 heavy (non-hydrogen) atoms. The molecule has 0 radical (unpaired) electrons. The Labute approximate surface area is 126 Å². The van der Waals surface area contributed by atoms with Crippen LogP contribution in [0.5, 0.6) is 0 Å². The van der Waals surface area contributed by atoms with Crippen LogP contribution in [0.2, 0.25) is 5.02 Å². The number of nitro groups is 1. The highest BCUT2D eigenvalue weighted by Gasteiger charge is 2.15. The van der Waals surface area contributed by atoms with Crippen LogP contribution in [0.15, 0.2) is 18.2 Å². The molecular weight excluding hydrogens is 300 g/mol. The minimum absolute atomic E-state index is 0.0332. The monoisotopic (exact) mass is 314 g/mol. The van der Waals surface area contributed by atoms with Crippen molar-refractivity contribution >= 4 is 34.9 Å². The van der Waals surface area contributed by atoms with E-state index in [2.05, 4.69) is 5.32 Å². The lowest BCUT2D eigenvalue weighted by molar-refractivity contribution is -0.384. The van der Waals surface area contributed by atoms with Crippen LogP contribution in [0.1, 0.15) is 20.3 Å². The number of rotatable bonds is 6. The highest BCUT2D eigenvalue weighted by Crippen LogP contribution is 2.26. The minimum atomic E-state index is -0.592. The van der Waals surface area contributed by atoms with E-state index in [1.54, 1.807) is 6.92 Å². The lowest BCUT2D eigenvalue weighted by Crippen LogP contribution is -2.23. The molecule has 0 aliphatic heterocycles. The number of non-ortho nitro benzene ring substituents is 1. The number of hydrogen-bond acceptors (Lipinski definition) is 5. The molecule has 0 bridgehead atoms. The third-order valence-corrected chi connectivity index (χ3v) is 3.11. The van der Waals surface area contributed by atoms with Crippen molar-refractivity contribution in [1.82, 2.24) is 0 Å². The second-order valence-corrected chi connectivity index (χ2v) is 4.79. The zero-order valence-corrected chi connectivity index (χ0v) is 12.3. The van der Waals surface area contributed by atoms with Crippen LogP contribution in [-0.2, 0) is 14.3 Å². The Morgan fingerprint density at radius 2 is 2.14 bits per heavy atom. The molecule has 0 aliphatic carbocycles. The molecule has 0 saturated heterocycles. The predicted molar refractivity (Wildman–Crippen MR) is 77.2 cm³/mol. The molecule has 1 rings (SSSR count). The van der Waals surface area contributed by atoms with E-state index in [0.29, 0.717) is 6.42 Å². The van der Waals surface area contributed by atoms with Gasteiger partial charge in [-0.05, 0) is 12.5 Å². The first-order valence-electron chi connectivity index (χ1n) is 6.25. The summed E-state index contributed by atoms with van der Waals surface area (Å²) in [4.78, 5) is 33.0. The molecule has 1 aromatic carbocycles. The summed E-state index contributed by atoms with van der Waals surface area (Å²) in [5.74, 6) is -1.30. The first-order valence-corrected chi connectivity index (χ1v) is 6.63. The minimum Gasteiger partial charge on any atom is -0.455 e. The third kappa shape index (κ3) is 5.03. The van der Waals surface area contributed by atoms with Gasteiger partial charge in [0.1, 0.15) is 0 Å². The van der Waals surface area contributed by atoms with Crippen LogP contribution in [0.3, 0.4) is 0 Å². The van der Waals surface area contributed by atoms with Gasteiger partial charge in [-0.1, -0.05) is 25.4 Å². The number of esters is 1. The van der Waals surface area contributed by atoms with E-state index in [1.165, 1.54) is 12.1 Å². The highest BCUT2D eigenvalue weighted by molar-refractivity contribution is 6.34. The zero-order valence-electron chi connectivity index (χ0n) is 11.6. The Balaban J connectivity index is 2.59. The molecule has 0 spiro atoms. The standard InChI is InChI=1S/C13H15ClN2O5/c1-3-8(2)13(18)21-7-12(17)15-11-5-4-9(16(19)20)6-10(11)14/h4-6,8H,3,7H2,1-2H3,(H,15,17). The number of nitro benzene ring substituents is 1. The van der Waals surface area contributed by atoms with Gasteiger partial charge in [-0.25, -0.2) is 0 Å². The van der Waals surface area contributed by atoms with E-state index in [0.717, 1.165) is 6.07 Å². The summed E-state index contributed by atoms with van der Waals surface area (Å²) in [6.45, 7) is 3.10. The summed E-state index contributed by atoms with van der Waals surface area (Å²) in [5, 5.41) is 13.0. The van der Waals surface area contributed by atoms with Gasteiger partial charge >= 0.3 is 5.97 Å². The molecular formula is C13H15ClN2O5. The average Bonchev–Trinajstić information content (AvgIpc) is 2.45. The van der Waals surface area contributed by atoms with Crippen LogP contribution in [0, 0.1) is 16.0 Å². The van der Waals surface area contributed by atoms with Gasteiger partial charge in [0.25, 0.3) is 11.6 Å². The van der Waals surface area contributed by atoms with Crippen molar-refractivity contribution < 1.29 is 19.2 Å². The molecule has 1 N–H and O–H groups in total. The molecule has 114 valence electrons. The number of halogens is 1. The molecule has 8 heteroatoms. The summed E-state index contributed by atoms with van der Waals surface area (Å²) in [5.41, 5.74) is 0.0352. The fraction of sp³-hybridized carbons (Fsp3) is 0.385. The quantitative estimate of drug-likeness (QED) is 0.494. The van der Waals surface area contributed by atoms with Gasteiger partial charge in [-0.2, -0.15) is 0 Å². The molecule has 7 nitrogen and oxygen atoms in total. The summed E-state index contributed by atoms with van der Waals surface area (Å²) >= 11 is 5.83. The van der Waals surface area contributed by atoms with Crippen molar-refractivity contribution in [3.8, 4) is 0 Å². The number of carbonyl (C=O) groups excluding carboxylic acids is 2. The summed E-state index contributed by atoms with van der Waals surface area (Å²) in [7, 11) is 0. The van der Waals surface area contributed by atoms with Gasteiger partial charge in [-0.3, -0.25) is 19.7 Å². The number of benzene rings is 1. The van der Waals surface area contributed by atoms with Gasteiger partial charge in [0, 0.05) is 12.1 Å². The van der Waals surface area contributed by atoms with Crippen LogP contribution in [0.25, 0.3) is 0 Å². The number of amides is 1. The Hall–Kier alpha value is -2.15. The molecule has 0 saturated carbocycles. The largest absolute Gasteiger partial charge is 0.455 e. The number of nitrogens with one attached hydrogen (secondary N) is 1. The summed E-state index contributed by atoms with van der Waals surface area (Å²) in [6.07, 6.45) is 0.620. The van der Waals surface area contributed by atoms with E-state index in [1.807, 2.05) is 6.92 Å². The first-order chi connectivity index (χ1) is 9.85. The highest BCUT2D eigenvalue weighted by atomic mass is 35.5. The number of ether oxygens (including phenoxy) is 1. The van der Waals surface area contributed by atoms with Crippen LogP contribution < -0.4 is 5.32 Å². The molecule has 1 atom stereocenters. The second kappa shape index (κ2) is 7.58. The van der Waals surface area contributed by atoms with Gasteiger partial charge in [-0.15, -0.1) is 0 Å². The van der Waals surface area contributed by atoms with Crippen molar-refractivity contribution in [2.75, 3.05) is 11.9 Å². The van der Waals surface area contributed by atoms with Crippen molar-refractivity contribution in [2.45, 2.75) is 20.3 Å². The first kappa shape index (κ1) is 16.9. The Morgan fingerprint density at radius 1 is 1.48 bits per heavy atom. The Kier molecular flexibility index (Phi) is 6.10. The smallest absolute Gasteiger partial charge is 0.309 e. The Morgan fingerprint density at radius 3 is 2.67 bits per heavy atom. The number of nitrogens with zero attached hydrogens (tertiary/aromatic N) is 1. The second-order valence-electron chi connectivity index (χ2n) is 4.39.